The minimum Gasteiger partial charge on any atom is -0.346 e. The van der Waals surface area contributed by atoms with Crippen LogP contribution in [0.5, 0.6) is 0 Å². The number of nitriles is 2. The number of hydrogen-bond acceptors (Lipinski definition) is 6. The number of fused-ring (bicyclic) bond motifs is 1. The van der Waals surface area contributed by atoms with Crippen molar-refractivity contribution >= 4 is 21.1 Å². The van der Waals surface area contributed by atoms with Crippen LogP contribution in [0, 0.1) is 22.7 Å². The van der Waals surface area contributed by atoms with Crippen LogP contribution >= 0.6 is 0 Å². The Kier molecular flexibility index (Phi) is 4.18. The molecule has 0 amide bonds. The molecule has 0 saturated carbocycles. The maximum Gasteiger partial charge on any atom is 0.213 e. The van der Waals surface area contributed by atoms with Crippen LogP contribution in [0.3, 0.4) is 0 Å². The molecule has 0 bridgehead atoms. The average Bonchev–Trinajstić information content (AvgIpc) is 3.30. The molecule has 3 aromatic heterocycles. The van der Waals surface area contributed by atoms with Crippen LogP contribution in [0.25, 0.3) is 22.3 Å². The molecule has 142 valence electrons. The van der Waals surface area contributed by atoms with E-state index in [0.29, 0.717) is 17.0 Å². The lowest BCUT2D eigenvalue weighted by molar-refractivity contribution is 0.0843. The van der Waals surface area contributed by atoms with E-state index < -0.39 is 15.6 Å². The summed E-state index contributed by atoms with van der Waals surface area (Å²) in [7, 11) is -3.34. The van der Waals surface area contributed by atoms with Gasteiger partial charge in [0.15, 0.2) is 0 Å². The van der Waals surface area contributed by atoms with Gasteiger partial charge in [-0.05, 0) is 19.1 Å². The molecule has 0 aromatic carbocycles. The lowest BCUT2D eigenvalue weighted by Gasteiger charge is -2.49. The molecule has 1 saturated heterocycles. The lowest BCUT2D eigenvalue weighted by atomic mass is 9.88. The summed E-state index contributed by atoms with van der Waals surface area (Å²) in [5.74, 6) is 0.00404. The monoisotopic (exact) mass is 395 g/mol. The minimum atomic E-state index is -3.34. The van der Waals surface area contributed by atoms with Gasteiger partial charge in [-0.15, -0.1) is 0 Å². The zero-order chi connectivity index (χ0) is 19.9. The maximum absolute atomic E-state index is 12.2. The fourth-order valence-corrected chi connectivity index (χ4v) is 4.90. The van der Waals surface area contributed by atoms with Gasteiger partial charge in [0, 0.05) is 36.4 Å². The van der Waals surface area contributed by atoms with Gasteiger partial charge in [0.05, 0.1) is 29.5 Å². The van der Waals surface area contributed by atoms with E-state index in [0.717, 1.165) is 10.9 Å². The van der Waals surface area contributed by atoms with Crippen LogP contribution < -0.4 is 0 Å². The van der Waals surface area contributed by atoms with Crippen molar-refractivity contribution in [1.82, 2.24) is 23.8 Å². The number of H-pyrrole nitrogens is 1. The van der Waals surface area contributed by atoms with Crippen LogP contribution in [0.1, 0.15) is 19.0 Å². The van der Waals surface area contributed by atoms with Gasteiger partial charge in [0.25, 0.3) is 0 Å². The van der Waals surface area contributed by atoms with E-state index in [9.17, 15) is 18.9 Å². The number of hydrogen-bond donors (Lipinski definition) is 1. The van der Waals surface area contributed by atoms with E-state index in [-0.39, 0.29) is 25.3 Å². The highest BCUT2D eigenvalue weighted by atomic mass is 32.2. The van der Waals surface area contributed by atoms with E-state index in [2.05, 4.69) is 27.1 Å². The van der Waals surface area contributed by atoms with Crippen LogP contribution in [0.15, 0.2) is 30.9 Å². The normalized spacial score (nSPS) is 16.4. The first kappa shape index (κ1) is 18.2. The molecule has 0 aliphatic carbocycles. The van der Waals surface area contributed by atoms with Crippen LogP contribution in [-0.4, -0.2) is 51.1 Å². The third-order valence-electron chi connectivity index (χ3n) is 5.18. The quantitative estimate of drug-likeness (QED) is 0.697. The van der Waals surface area contributed by atoms with Gasteiger partial charge in [0.2, 0.25) is 10.0 Å². The molecule has 1 fully saturated rings. The first-order chi connectivity index (χ1) is 13.4. The van der Waals surface area contributed by atoms with E-state index >= 15 is 0 Å². The first-order valence-corrected chi connectivity index (χ1v) is 10.3. The summed E-state index contributed by atoms with van der Waals surface area (Å²) in [5, 5.41) is 19.8. The largest absolute Gasteiger partial charge is 0.346 e. The topological polar surface area (TPSA) is 131 Å². The summed E-state index contributed by atoms with van der Waals surface area (Å²) in [6.07, 6.45) is 5.10. The summed E-state index contributed by atoms with van der Waals surface area (Å²) >= 11 is 0. The van der Waals surface area contributed by atoms with Crippen molar-refractivity contribution < 1.29 is 8.42 Å². The Labute approximate surface area is 161 Å². The molecule has 0 radical (unpaired) electrons. The number of nitrogens with zero attached hydrogens (tertiary/aromatic N) is 6. The molecular weight excluding hydrogens is 378 g/mol. The van der Waals surface area contributed by atoms with Gasteiger partial charge in [-0.3, -0.25) is 0 Å². The Bertz CT molecular complexity index is 1240. The molecule has 1 N–H and O–H groups in total. The fraction of sp³-hybridized carbons (Fsp3) is 0.333. The van der Waals surface area contributed by atoms with Crippen molar-refractivity contribution in [3.05, 3.63) is 36.5 Å². The second-order valence-corrected chi connectivity index (χ2v) is 9.04. The average molecular weight is 395 g/mol. The van der Waals surface area contributed by atoms with Crippen LogP contribution in [0.4, 0.5) is 0 Å². The van der Waals surface area contributed by atoms with Gasteiger partial charge >= 0.3 is 0 Å². The minimum absolute atomic E-state index is 0.00404. The van der Waals surface area contributed by atoms with Crippen molar-refractivity contribution in [1.29, 1.82) is 10.5 Å². The first-order valence-electron chi connectivity index (χ1n) is 8.70. The standard InChI is InChI=1S/C18H17N7O2S/c1-2-28(26,27)24-10-18(11-24,4-5-19)25-9-13(7-14(25)8-20)16-15-3-6-21-17(15)23-12-22-16/h3,6-7,9,12H,2,4,10-11H2,1H3,(H,21,22,23). The fourth-order valence-electron chi connectivity index (χ4n) is 3.66. The smallest absolute Gasteiger partial charge is 0.213 e. The Hall–Kier alpha value is -3.21. The number of aromatic amines is 1. The third kappa shape index (κ3) is 2.66. The zero-order valence-electron chi connectivity index (χ0n) is 15.1. The van der Waals surface area contributed by atoms with Gasteiger partial charge in [0.1, 0.15) is 23.7 Å². The molecule has 0 atom stereocenters. The molecule has 3 aromatic rings. The molecule has 28 heavy (non-hydrogen) atoms. The number of sulfonamides is 1. The molecule has 9 nitrogen and oxygen atoms in total. The number of nitrogens with one attached hydrogen (secondary N) is 1. The van der Waals surface area contributed by atoms with Crippen LogP contribution in [0.2, 0.25) is 0 Å². The summed E-state index contributed by atoms with van der Waals surface area (Å²) in [6, 6.07) is 7.88. The zero-order valence-corrected chi connectivity index (χ0v) is 15.9. The lowest BCUT2D eigenvalue weighted by Crippen LogP contribution is -2.64. The molecule has 1 aliphatic heterocycles. The molecular formula is C18H17N7O2S. The molecule has 4 heterocycles. The second-order valence-electron chi connectivity index (χ2n) is 6.79. The highest BCUT2D eigenvalue weighted by Gasteiger charge is 2.49. The predicted molar refractivity (Wildman–Crippen MR) is 101 cm³/mol. The van der Waals surface area contributed by atoms with E-state index in [1.807, 2.05) is 6.07 Å². The molecule has 0 unspecified atom stereocenters. The Morgan fingerprint density at radius 3 is 2.79 bits per heavy atom. The summed E-state index contributed by atoms with van der Waals surface area (Å²) < 4.78 is 27.4. The number of aromatic nitrogens is 4. The van der Waals surface area contributed by atoms with Crippen LogP contribution in [-0.2, 0) is 15.6 Å². The van der Waals surface area contributed by atoms with Crippen molar-refractivity contribution in [2.24, 2.45) is 0 Å². The highest BCUT2D eigenvalue weighted by molar-refractivity contribution is 7.89. The van der Waals surface area contributed by atoms with Crippen molar-refractivity contribution in [3.8, 4) is 23.4 Å². The molecule has 0 spiro atoms. The second kappa shape index (κ2) is 6.44. The summed E-state index contributed by atoms with van der Waals surface area (Å²) in [6.45, 7) is 1.93. The Morgan fingerprint density at radius 1 is 1.32 bits per heavy atom. The van der Waals surface area contributed by atoms with Gasteiger partial charge in [-0.25, -0.2) is 18.4 Å². The molecule has 10 heteroatoms. The number of rotatable bonds is 5. The van der Waals surface area contributed by atoms with Gasteiger partial charge in [-0.1, -0.05) is 0 Å². The van der Waals surface area contributed by atoms with E-state index in [4.69, 9.17) is 0 Å². The highest BCUT2D eigenvalue weighted by Crippen LogP contribution is 2.38. The third-order valence-corrected chi connectivity index (χ3v) is 6.96. The molecule has 1 aliphatic rings. The van der Waals surface area contributed by atoms with Crippen molar-refractivity contribution in [3.63, 3.8) is 0 Å². The van der Waals surface area contributed by atoms with Gasteiger partial charge in [-0.2, -0.15) is 14.8 Å². The van der Waals surface area contributed by atoms with E-state index in [1.165, 1.54) is 10.6 Å². The van der Waals surface area contributed by atoms with E-state index in [1.54, 1.807) is 30.0 Å². The van der Waals surface area contributed by atoms with Crippen molar-refractivity contribution in [2.45, 2.75) is 18.9 Å². The Morgan fingerprint density at radius 2 is 2.11 bits per heavy atom. The SMILES string of the molecule is CCS(=O)(=O)N1CC(CC#N)(n2cc(-c3ncnc4[nH]ccc34)cc2C#N)C1. The van der Waals surface area contributed by atoms with Crippen molar-refractivity contribution in [2.75, 3.05) is 18.8 Å². The summed E-state index contributed by atoms with van der Waals surface area (Å²) in [4.78, 5) is 11.6. The Balaban J connectivity index is 1.79. The predicted octanol–water partition coefficient (Wildman–Crippen LogP) is 1.57. The maximum atomic E-state index is 12.2. The van der Waals surface area contributed by atoms with Gasteiger partial charge < -0.3 is 9.55 Å². The molecule has 4 rings (SSSR count). The summed E-state index contributed by atoms with van der Waals surface area (Å²) in [5.41, 5.74) is 1.68.